The van der Waals surface area contributed by atoms with Crippen LogP contribution in [-0.2, 0) is 0 Å². The molecule has 1 amide bonds. The van der Waals surface area contributed by atoms with Crippen molar-refractivity contribution in [2.45, 2.75) is 6.04 Å². The molecule has 0 spiro atoms. The molecule has 0 bridgehead atoms. The minimum Gasteiger partial charge on any atom is -0.364 e. The SMILES string of the molecule is NC(=O)c1cncc(NC(c2ccccc2)c2ccc(Cl)c(Cl)c2)n1. The highest BCUT2D eigenvalue weighted by Gasteiger charge is 2.16. The molecule has 5 nitrogen and oxygen atoms in total. The van der Waals surface area contributed by atoms with Gasteiger partial charge in [0.05, 0.1) is 28.5 Å². The van der Waals surface area contributed by atoms with Gasteiger partial charge in [-0.25, -0.2) is 4.98 Å². The maximum atomic E-state index is 11.3. The topological polar surface area (TPSA) is 80.9 Å². The average molecular weight is 373 g/mol. The van der Waals surface area contributed by atoms with Gasteiger partial charge in [-0.3, -0.25) is 9.78 Å². The van der Waals surface area contributed by atoms with E-state index in [4.69, 9.17) is 28.9 Å². The van der Waals surface area contributed by atoms with Gasteiger partial charge in [0.15, 0.2) is 0 Å². The number of rotatable bonds is 5. The molecule has 0 saturated carbocycles. The molecule has 0 saturated heterocycles. The second kappa shape index (κ2) is 7.51. The highest BCUT2D eigenvalue weighted by atomic mass is 35.5. The van der Waals surface area contributed by atoms with Crippen LogP contribution >= 0.6 is 23.2 Å². The maximum absolute atomic E-state index is 11.3. The van der Waals surface area contributed by atoms with E-state index in [-0.39, 0.29) is 11.7 Å². The molecule has 1 atom stereocenters. The lowest BCUT2D eigenvalue weighted by molar-refractivity contribution is 0.0995. The molecule has 3 N–H and O–H groups in total. The number of primary amides is 1. The zero-order chi connectivity index (χ0) is 17.8. The molecule has 3 rings (SSSR count). The number of hydrogen-bond acceptors (Lipinski definition) is 4. The van der Waals surface area contributed by atoms with Crippen LogP contribution in [0.15, 0.2) is 60.9 Å². The Morgan fingerprint density at radius 1 is 1.00 bits per heavy atom. The molecule has 1 aromatic heterocycles. The number of hydrogen-bond donors (Lipinski definition) is 2. The Labute approximate surface area is 154 Å². The Hall–Kier alpha value is -2.63. The Balaban J connectivity index is 2.01. The summed E-state index contributed by atoms with van der Waals surface area (Å²) in [6.07, 6.45) is 2.85. The molecular formula is C18H14Cl2N4O. The number of nitrogens with one attached hydrogen (secondary N) is 1. The maximum Gasteiger partial charge on any atom is 0.268 e. The lowest BCUT2D eigenvalue weighted by atomic mass is 9.99. The fraction of sp³-hybridized carbons (Fsp3) is 0.0556. The lowest BCUT2D eigenvalue weighted by Gasteiger charge is -2.21. The number of carbonyl (C=O) groups is 1. The van der Waals surface area contributed by atoms with Crippen molar-refractivity contribution in [3.8, 4) is 0 Å². The van der Waals surface area contributed by atoms with Crippen LogP contribution in [0.25, 0.3) is 0 Å². The third kappa shape index (κ3) is 4.07. The van der Waals surface area contributed by atoms with Crippen molar-refractivity contribution in [1.29, 1.82) is 0 Å². The standard InChI is InChI=1S/C18H14Cl2N4O/c19-13-7-6-12(8-14(13)20)17(11-4-2-1-3-5-11)24-16-10-22-9-15(23-16)18(21)25/h1-10,17H,(H2,21,25)(H,23,24). The quantitative estimate of drug-likeness (QED) is 0.706. The van der Waals surface area contributed by atoms with Crippen LogP contribution in [0.1, 0.15) is 27.7 Å². The van der Waals surface area contributed by atoms with Gasteiger partial charge in [0.25, 0.3) is 5.91 Å². The number of nitrogens with two attached hydrogens (primary N) is 1. The van der Waals surface area contributed by atoms with Gasteiger partial charge in [0.1, 0.15) is 11.5 Å². The van der Waals surface area contributed by atoms with Crippen molar-refractivity contribution in [3.05, 3.63) is 87.8 Å². The summed E-state index contributed by atoms with van der Waals surface area (Å²) in [4.78, 5) is 19.5. The molecule has 7 heteroatoms. The summed E-state index contributed by atoms with van der Waals surface area (Å²) in [6, 6.07) is 14.9. The second-order valence-corrected chi connectivity index (χ2v) is 6.13. The van der Waals surface area contributed by atoms with Crippen LogP contribution < -0.4 is 11.1 Å². The molecule has 3 aromatic rings. The van der Waals surface area contributed by atoms with Gasteiger partial charge in [-0.05, 0) is 23.3 Å². The monoisotopic (exact) mass is 372 g/mol. The van der Waals surface area contributed by atoms with Gasteiger partial charge in [-0.15, -0.1) is 0 Å². The molecule has 0 radical (unpaired) electrons. The minimum atomic E-state index is -0.637. The highest BCUT2D eigenvalue weighted by molar-refractivity contribution is 6.42. The number of amides is 1. The molecule has 0 aliphatic rings. The van der Waals surface area contributed by atoms with Crippen molar-refractivity contribution in [2.75, 3.05) is 5.32 Å². The summed E-state index contributed by atoms with van der Waals surface area (Å²) in [5.74, 6) is -0.210. The predicted octanol–water partition coefficient (Wildman–Crippen LogP) is 4.08. The Morgan fingerprint density at radius 2 is 1.76 bits per heavy atom. The number of nitrogens with zero attached hydrogens (tertiary/aromatic N) is 2. The first kappa shape index (κ1) is 17.2. The fourth-order valence-electron chi connectivity index (χ4n) is 2.40. The van der Waals surface area contributed by atoms with Gasteiger partial charge in [-0.2, -0.15) is 0 Å². The van der Waals surface area contributed by atoms with Gasteiger partial charge >= 0.3 is 0 Å². The van der Waals surface area contributed by atoms with Gasteiger partial charge < -0.3 is 11.1 Å². The molecular weight excluding hydrogens is 359 g/mol. The van der Waals surface area contributed by atoms with Crippen LogP contribution in [0, 0.1) is 0 Å². The first-order valence-corrected chi connectivity index (χ1v) is 8.18. The van der Waals surface area contributed by atoms with E-state index in [1.807, 2.05) is 36.4 Å². The van der Waals surface area contributed by atoms with Gasteiger partial charge in [-0.1, -0.05) is 59.6 Å². The first-order chi connectivity index (χ1) is 12.0. The number of aromatic nitrogens is 2. The second-order valence-electron chi connectivity index (χ2n) is 5.32. The summed E-state index contributed by atoms with van der Waals surface area (Å²) in [6.45, 7) is 0. The summed E-state index contributed by atoms with van der Waals surface area (Å²) in [5.41, 5.74) is 7.25. The van der Waals surface area contributed by atoms with Crippen molar-refractivity contribution in [3.63, 3.8) is 0 Å². The number of benzene rings is 2. The van der Waals surface area contributed by atoms with Crippen molar-refractivity contribution >= 4 is 34.9 Å². The van der Waals surface area contributed by atoms with Crippen LogP contribution in [0.4, 0.5) is 5.82 Å². The molecule has 0 aliphatic carbocycles. The molecule has 1 unspecified atom stereocenters. The highest BCUT2D eigenvalue weighted by Crippen LogP contribution is 2.30. The average Bonchev–Trinajstić information content (AvgIpc) is 2.63. The molecule has 126 valence electrons. The van der Waals surface area contributed by atoms with Crippen molar-refractivity contribution < 1.29 is 4.79 Å². The first-order valence-electron chi connectivity index (χ1n) is 7.43. The third-order valence-corrected chi connectivity index (χ3v) is 4.33. The van der Waals surface area contributed by atoms with E-state index < -0.39 is 5.91 Å². The summed E-state index contributed by atoms with van der Waals surface area (Å²) in [7, 11) is 0. The van der Waals surface area contributed by atoms with Crippen LogP contribution in [0.2, 0.25) is 10.0 Å². The number of carbonyl (C=O) groups excluding carboxylic acids is 1. The van der Waals surface area contributed by atoms with E-state index in [0.717, 1.165) is 11.1 Å². The molecule has 0 aliphatic heterocycles. The van der Waals surface area contributed by atoms with Crippen LogP contribution in [0.5, 0.6) is 0 Å². The zero-order valence-corrected chi connectivity index (χ0v) is 14.5. The normalized spacial score (nSPS) is 11.8. The van der Waals surface area contributed by atoms with Crippen molar-refractivity contribution in [2.24, 2.45) is 5.73 Å². The van der Waals surface area contributed by atoms with Crippen LogP contribution in [-0.4, -0.2) is 15.9 Å². The molecule has 1 heterocycles. The Morgan fingerprint density at radius 3 is 2.44 bits per heavy atom. The Bertz CT molecular complexity index is 903. The fourth-order valence-corrected chi connectivity index (χ4v) is 2.71. The van der Waals surface area contributed by atoms with E-state index in [2.05, 4.69) is 15.3 Å². The zero-order valence-electron chi connectivity index (χ0n) is 13.0. The van der Waals surface area contributed by atoms with E-state index >= 15 is 0 Å². The largest absolute Gasteiger partial charge is 0.364 e. The van der Waals surface area contributed by atoms with E-state index in [1.165, 1.54) is 12.4 Å². The summed E-state index contributed by atoms with van der Waals surface area (Å²) >= 11 is 12.2. The minimum absolute atomic E-state index is 0.0888. The predicted molar refractivity (Wildman–Crippen MR) is 98.9 cm³/mol. The van der Waals surface area contributed by atoms with Crippen molar-refractivity contribution in [1.82, 2.24) is 9.97 Å². The van der Waals surface area contributed by atoms with Gasteiger partial charge in [0, 0.05) is 0 Å². The smallest absolute Gasteiger partial charge is 0.268 e. The van der Waals surface area contributed by atoms with Gasteiger partial charge in [0.2, 0.25) is 0 Å². The number of halogens is 2. The summed E-state index contributed by atoms with van der Waals surface area (Å²) < 4.78 is 0. The summed E-state index contributed by atoms with van der Waals surface area (Å²) in [5, 5.41) is 4.21. The van der Waals surface area contributed by atoms with E-state index in [1.54, 1.807) is 12.1 Å². The molecule has 0 fully saturated rings. The van der Waals surface area contributed by atoms with Crippen LogP contribution in [0.3, 0.4) is 0 Å². The Kier molecular flexibility index (Phi) is 5.16. The molecule has 2 aromatic carbocycles. The lowest BCUT2D eigenvalue weighted by Crippen LogP contribution is -2.17. The van der Waals surface area contributed by atoms with E-state index in [9.17, 15) is 4.79 Å². The third-order valence-electron chi connectivity index (χ3n) is 3.59. The van der Waals surface area contributed by atoms with E-state index in [0.29, 0.717) is 15.9 Å². The molecule has 25 heavy (non-hydrogen) atoms. The number of anilines is 1.